The molecule has 0 saturated carbocycles. The highest BCUT2D eigenvalue weighted by Crippen LogP contribution is 2.26. The van der Waals surface area contributed by atoms with E-state index in [-0.39, 0.29) is 18.0 Å². The lowest BCUT2D eigenvalue weighted by Gasteiger charge is -2.23. The van der Waals surface area contributed by atoms with Crippen LogP contribution in [0.15, 0.2) is 78.9 Å². The van der Waals surface area contributed by atoms with E-state index in [4.69, 9.17) is 0 Å². The van der Waals surface area contributed by atoms with Crippen LogP contribution in [0.5, 0.6) is 0 Å². The van der Waals surface area contributed by atoms with Crippen molar-refractivity contribution >= 4 is 23.3 Å². The molecule has 0 bridgehead atoms. The molecule has 1 unspecified atom stereocenters. The number of aryl methyl sites for hydroxylation is 2. The van der Waals surface area contributed by atoms with Crippen molar-refractivity contribution in [3.63, 3.8) is 0 Å². The number of urea groups is 1. The molecule has 3 amide bonds. The summed E-state index contributed by atoms with van der Waals surface area (Å²) in [6, 6.07) is 26.0. The number of para-hydroxylation sites is 1. The SMILES string of the molecule is CC(CCc1ccccc1)NC(=O)Cc1ccc(NC(=O)N2CCCCc3ccccc32)cc1. The molecule has 1 aliphatic rings. The summed E-state index contributed by atoms with van der Waals surface area (Å²) in [6.45, 7) is 2.75. The van der Waals surface area contributed by atoms with Gasteiger partial charge in [0.1, 0.15) is 0 Å². The monoisotopic (exact) mass is 455 g/mol. The van der Waals surface area contributed by atoms with Gasteiger partial charge >= 0.3 is 6.03 Å². The number of nitrogens with zero attached hydrogens (tertiary/aromatic N) is 1. The third-order valence-electron chi connectivity index (χ3n) is 6.29. The molecular formula is C29H33N3O2. The van der Waals surface area contributed by atoms with Gasteiger partial charge in [0.15, 0.2) is 0 Å². The number of rotatable bonds is 7. The summed E-state index contributed by atoms with van der Waals surface area (Å²) >= 11 is 0. The summed E-state index contributed by atoms with van der Waals surface area (Å²) in [5, 5.41) is 6.10. The maximum Gasteiger partial charge on any atom is 0.326 e. The average Bonchev–Trinajstić information content (AvgIpc) is 3.07. The van der Waals surface area contributed by atoms with E-state index in [9.17, 15) is 9.59 Å². The van der Waals surface area contributed by atoms with Crippen LogP contribution in [0.1, 0.15) is 42.9 Å². The fourth-order valence-electron chi connectivity index (χ4n) is 4.41. The van der Waals surface area contributed by atoms with Gasteiger partial charge < -0.3 is 10.6 Å². The second-order valence-electron chi connectivity index (χ2n) is 9.03. The average molecular weight is 456 g/mol. The van der Waals surface area contributed by atoms with Crippen LogP contribution in [-0.4, -0.2) is 24.5 Å². The van der Waals surface area contributed by atoms with E-state index in [0.717, 1.165) is 49.0 Å². The number of hydrogen-bond acceptors (Lipinski definition) is 2. The first kappa shape index (κ1) is 23.6. The molecule has 1 atom stereocenters. The van der Waals surface area contributed by atoms with Crippen LogP contribution < -0.4 is 15.5 Å². The molecule has 2 N–H and O–H groups in total. The van der Waals surface area contributed by atoms with Gasteiger partial charge in [-0.2, -0.15) is 0 Å². The predicted molar refractivity (Wildman–Crippen MR) is 138 cm³/mol. The van der Waals surface area contributed by atoms with Crippen LogP contribution in [0.3, 0.4) is 0 Å². The maximum atomic E-state index is 13.0. The van der Waals surface area contributed by atoms with Crippen molar-refractivity contribution in [3.05, 3.63) is 95.6 Å². The Kier molecular flexibility index (Phi) is 7.97. The Labute approximate surface area is 202 Å². The topological polar surface area (TPSA) is 61.4 Å². The summed E-state index contributed by atoms with van der Waals surface area (Å²) in [6.07, 6.45) is 5.24. The summed E-state index contributed by atoms with van der Waals surface area (Å²) in [5.41, 5.74) is 5.14. The van der Waals surface area contributed by atoms with E-state index in [1.54, 1.807) is 0 Å². The Morgan fingerprint density at radius 1 is 0.882 bits per heavy atom. The number of amides is 3. The molecule has 1 aliphatic heterocycles. The van der Waals surface area contributed by atoms with Crippen molar-refractivity contribution in [2.24, 2.45) is 0 Å². The lowest BCUT2D eigenvalue weighted by atomic mass is 10.1. The number of anilines is 2. The Hall–Kier alpha value is -3.60. The van der Waals surface area contributed by atoms with E-state index in [0.29, 0.717) is 13.0 Å². The zero-order chi connectivity index (χ0) is 23.8. The second-order valence-corrected chi connectivity index (χ2v) is 9.03. The molecule has 5 nitrogen and oxygen atoms in total. The summed E-state index contributed by atoms with van der Waals surface area (Å²) in [5.74, 6) is 0.0125. The van der Waals surface area contributed by atoms with Gasteiger partial charge in [0, 0.05) is 24.0 Å². The molecule has 1 heterocycles. The molecule has 0 fully saturated rings. The Balaban J connectivity index is 1.27. The first-order chi connectivity index (χ1) is 16.6. The second kappa shape index (κ2) is 11.5. The van der Waals surface area contributed by atoms with Crippen LogP contribution in [0.25, 0.3) is 0 Å². The van der Waals surface area contributed by atoms with E-state index in [1.807, 2.05) is 72.5 Å². The van der Waals surface area contributed by atoms with Gasteiger partial charge in [0.25, 0.3) is 0 Å². The molecule has 0 radical (unpaired) electrons. The molecule has 0 aliphatic carbocycles. The number of hydrogen-bond donors (Lipinski definition) is 2. The molecule has 0 saturated heterocycles. The lowest BCUT2D eigenvalue weighted by Crippen LogP contribution is -2.35. The van der Waals surface area contributed by atoms with Crippen molar-refractivity contribution in [1.82, 2.24) is 5.32 Å². The fraction of sp³-hybridized carbons (Fsp3) is 0.310. The minimum atomic E-state index is -0.118. The Morgan fingerprint density at radius 3 is 2.41 bits per heavy atom. The minimum absolute atomic E-state index is 0.0125. The highest BCUT2D eigenvalue weighted by atomic mass is 16.2. The quantitative estimate of drug-likeness (QED) is 0.477. The smallest absolute Gasteiger partial charge is 0.326 e. The number of carbonyl (C=O) groups is 2. The predicted octanol–water partition coefficient (Wildman–Crippen LogP) is 5.74. The highest BCUT2D eigenvalue weighted by molar-refractivity contribution is 6.02. The van der Waals surface area contributed by atoms with Crippen LogP contribution in [0.4, 0.5) is 16.2 Å². The maximum absolute atomic E-state index is 13.0. The minimum Gasteiger partial charge on any atom is -0.353 e. The third kappa shape index (κ3) is 6.47. The van der Waals surface area contributed by atoms with E-state index in [1.165, 1.54) is 11.1 Å². The van der Waals surface area contributed by atoms with E-state index >= 15 is 0 Å². The molecule has 3 aromatic rings. The molecule has 0 aromatic heterocycles. The molecule has 3 aromatic carbocycles. The molecular weight excluding hydrogens is 422 g/mol. The standard InChI is InChI=1S/C29H33N3O2/c1-22(14-15-23-9-3-2-4-10-23)30-28(33)21-24-16-18-26(19-17-24)31-29(34)32-20-8-7-12-25-11-5-6-13-27(25)32/h2-6,9-11,13,16-19,22H,7-8,12,14-15,20-21H2,1H3,(H,30,33)(H,31,34). The molecule has 34 heavy (non-hydrogen) atoms. The van der Waals surface area contributed by atoms with Crippen molar-refractivity contribution in [2.45, 2.75) is 51.5 Å². The van der Waals surface area contributed by atoms with Crippen molar-refractivity contribution in [1.29, 1.82) is 0 Å². The molecule has 176 valence electrons. The Morgan fingerprint density at radius 2 is 1.62 bits per heavy atom. The third-order valence-corrected chi connectivity index (χ3v) is 6.29. The highest BCUT2D eigenvalue weighted by Gasteiger charge is 2.21. The number of nitrogens with one attached hydrogen (secondary N) is 2. The van der Waals surface area contributed by atoms with Gasteiger partial charge in [-0.25, -0.2) is 4.79 Å². The first-order valence-electron chi connectivity index (χ1n) is 12.2. The van der Waals surface area contributed by atoms with Crippen LogP contribution in [0.2, 0.25) is 0 Å². The normalized spacial score (nSPS) is 14.0. The van der Waals surface area contributed by atoms with Gasteiger partial charge in [0.05, 0.1) is 6.42 Å². The summed E-state index contributed by atoms with van der Waals surface area (Å²) < 4.78 is 0. The molecule has 0 spiro atoms. The largest absolute Gasteiger partial charge is 0.353 e. The van der Waals surface area contributed by atoms with Gasteiger partial charge in [-0.1, -0.05) is 60.7 Å². The van der Waals surface area contributed by atoms with Gasteiger partial charge in [-0.15, -0.1) is 0 Å². The number of carbonyl (C=O) groups excluding carboxylic acids is 2. The summed E-state index contributed by atoms with van der Waals surface area (Å²) in [4.78, 5) is 27.3. The fourth-order valence-corrected chi connectivity index (χ4v) is 4.41. The van der Waals surface area contributed by atoms with Gasteiger partial charge in [0.2, 0.25) is 5.91 Å². The van der Waals surface area contributed by atoms with E-state index in [2.05, 4.69) is 28.8 Å². The number of fused-ring (bicyclic) bond motifs is 1. The molecule has 4 rings (SSSR count). The first-order valence-corrected chi connectivity index (χ1v) is 12.2. The Bertz CT molecular complexity index is 1100. The van der Waals surface area contributed by atoms with Crippen LogP contribution in [0, 0.1) is 0 Å². The zero-order valence-electron chi connectivity index (χ0n) is 19.8. The van der Waals surface area contributed by atoms with Crippen LogP contribution >= 0.6 is 0 Å². The molecule has 5 heteroatoms. The van der Waals surface area contributed by atoms with Gasteiger partial charge in [-0.3, -0.25) is 9.69 Å². The lowest BCUT2D eigenvalue weighted by molar-refractivity contribution is -0.121. The van der Waals surface area contributed by atoms with E-state index < -0.39 is 0 Å². The van der Waals surface area contributed by atoms with Crippen LogP contribution in [-0.2, 0) is 24.1 Å². The van der Waals surface area contributed by atoms with Gasteiger partial charge in [-0.05, 0) is 73.9 Å². The zero-order valence-corrected chi connectivity index (χ0v) is 19.8. The van der Waals surface area contributed by atoms with Crippen molar-refractivity contribution in [3.8, 4) is 0 Å². The van der Waals surface area contributed by atoms with Crippen molar-refractivity contribution in [2.75, 3.05) is 16.8 Å². The number of benzene rings is 3. The summed E-state index contributed by atoms with van der Waals surface area (Å²) in [7, 11) is 0. The van der Waals surface area contributed by atoms with Crippen molar-refractivity contribution < 1.29 is 9.59 Å².